The average molecular weight is 449 g/mol. The monoisotopic (exact) mass is 448 g/mol. The van der Waals surface area contributed by atoms with Crippen LogP contribution in [0.15, 0.2) is 30.3 Å². The lowest BCUT2D eigenvalue weighted by Crippen LogP contribution is -2.24. The van der Waals surface area contributed by atoms with E-state index in [1.807, 2.05) is 12.1 Å². The second kappa shape index (κ2) is 8.16. The fourth-order valence-electron chi connectivity index (χ4n) is 3.15. The molecule has 0 spiro atoms. The molecule has 1 amide bonds. The van der Waals surface area contributed by atoms with Crippen LogP contribution in [0.3, 0.4) is 0 Å². The highest BCUT2D eigenvalue weighted by molar-refractivity contribution is 6.32. The van der Waals surface area contributed by atoms with Crippen LogP contribution in [-0.4, -0.2) is 15.9 Å². The van der Waals surface area contributed by atoms with Crippen LogP contribution in [0.1, 0.15) is 46.2 Å². The number of ether oxygens (including phenoxy) is 1. The Morgan fingerprint density at radius 1 is 1.33 bits per heavy atom. The molecule has 30 heavy (non-hydrogen) atoms. The molecule has 1 aromatic heterocycles. The Labute approximate surface area is 182 Å². The topological polar surface area (TPSA) is 93.0 Å². The van der Waals surface area contributed by atoms with Gasteiger partial charge in [-0.15, -0.1) is 0 Å². The lowest BCUT2D eigenvalue weighted by atomic mass is 10.1. The van der Waals surface area contributed by atoms with Gasteiger partial charge >= 0.3 is 0 Å². The van der Waals surface area contributed by atoms with E-state index in [4.69, 9.17) is 33.7 Å². The molecule has 9 heteroatoms. The largest absolute Gasteiger partial charge is 0.453 e. The minimum atomic E-state index is -0.664. The quantitative estimate of drug-likeness (QED) is 0.443. The van der Waals surface area contributed by atoms with E-state index in [0.717, 1.165) is 18.4 Å². The van der Waals surface area contributed by atoms with E-state index in [9.17, 15) is 4.79 Å². The van der Waals surface area contributed by atoms with Crippen molar-refractivity contribution in [3.63, 3.8) is 0 Å². The van der Waals surface area contributed by atoms with Crippen molar-refractivity contribution in [3.05, 3.63) is 69.0 Å². The zero-order valence-corrected chi connectivity index (χ0v) is 17.6. The normalized spacial score (nSPS) is 13.3. The highest BCUT2D eigenvalue weighted by Crippen LogP contribution is 2.43. The molecule has 1 aliphatic rings. The Hall–Kier alpha value is -2.77. The van der Waals surface area contributed by atoms with E-state index in [0.29, 0.717) is 23.2 Å². The van der Waals surface area contributed by atoms with Crippen LogP contribution >= 0.6 is 23.2 Å². The summed E-state index contributed by atoms with van der Waals surface area (Å²) in [4.78, 5) is 19.0. The smallest absolute Gasteiger partial charge is 0.273 e. The van der Waals surface area contributed by atoms with Crippen LogP contribution in [0.5, 0.6) is 11.5 Å². The highest BCUT2D eigenvalue weighted by atomic mass is 35.5. The number of aromatic amines is 1. The Bertz CT molecular complexity index is 1130. The summed E-state index contributed by atoms with van der Waals surface area (Å²) < 4.78 is 20.8. The predicted molar refractivity (Wildman–Crippen MR) is 114 cm³/mol. The molecule has 4 rings (SSSR count). The van der Waals surface area contributed by atoms with Crippen molar-refractivity contribution in [2.24, 2.45) is 0 Å². The summed E-state index contributed by atoms with van der Waals surface area (Å²) >= 11 is 12.1. The van der Waals surface area contributed by atoms with Gasteiger partial charge in [0.25, 0.3) is 5.91 Å². The van der Waals surface area contributed by atoms with Gasteiger partial charge in [0.15, 0.2) is 17.3 Å². The summed E-state index contributed by atoms with van der Waals surface area (Å²) in [6.07, 6.45) is 2.21. The third kappa shape index (κ3) is 4.37. The van der Waals surface area contributed by atoms with E-state index in [1.165, 1.54) is 12.1 Å². The van der Waals surface area contributed by atoms with Gasteiger partial charge in [-0.1, -0.05) is 29.3 Å². The lowest BCUT2D eigenvalue weighted by molar-refractivity contribution is 0.0946. The molecule has 1 fully saturated rings. The number of aromatic nitrogens is 2. The Balaban J connectivity index is 1.53. The third-order valence-electron chi connectivity index (χ3n) is 4.78. The third-order valence-corrected chi connectivity index (χ3v) is 5.35. The van der Waals surface area contributed by atoms with Crippen molar-refractivity contribution >= 4 is 34.8 Å². The van der Waals surface area contributed by atoms with Crippen LogP contribution in [0.4, 0.5) is 10.1 Å². The molecule has 1 heterocycles. The van der Waals surface area contributed by atoms with Crippen LogP contribution in [-0.2, 0) is 6.54 Å². The number of hydrogen-bond donors (Lipinski definition) is 3. The maximum Gasteiger partial charge on any atom is 0.273 e. The molecule has 0 radical (unpaired) electrons. The summed E-state index contributed by atoms with van der Waals surface area (Å²) in [7, 11) is 0. The van der Waals surface area contributed by atoms with Gasteiger partial charge in [0.1, 0.15) is 16.7 Å². The summed E-state index contributed by atoms with van der Waals surface area (Å²) in [6, 6.07) is 8.37. The predicted octanol–water partition coefficient (Wildman–Crippen LogP) is 5.35. The summed E-state index contributed by atoms with van der Waals surface area (Å²) in [6.45, 7) is 1.58. The van der Waals surface area contributed by atoms with E-state index in [2.05, 4.69) is 15.3 Å². The number of nitrogens with one attached hydrogen (secondary N) is 2. The number of aryl methyl sites for hydroxylation is 1. The Morgan fingerprint density at radius 2 is 2.10 bits per heavy atom. The van der Waals surface area contributed by atoms with Gasteiger partial charge in [0.2, 0.25) is 0 Å². The number of anilines is 1. The van der Waals surface area contributed by atoms with Crippen LogP contribution in [0, 0.1) is 12.7 Å². The van der Waals surface area contributed by atoms with E-state index < -0.39 is 11.7 Å². The van der Waals surface area contributed by atoms with E-state index >= 15 is 4.39 Å². The first-order valence-electron chi connectivity index (χ1n) is 9.37. The van der Waals surface area contributed by atoms with E-state index in [1.54, 1.807) is 13.0 Å². The van der Waals surface area contributed by atoms with Crippen molar-refractivity contribution in [3.8, 4) is 11.5 Å². The summed E-state index contributed by atoms with van der Waals surface area (Å²) in [5.41, 5.74) is 7.82. The van der Waals surface area contributed by atoms with Gasteiger partial charge in [0, 0.05) is 23.9 Å². The zero-order chi connectivity index (χ0) is 21.4. The molecule has 1 aliphatic carbocycles. The molecule has 0 saturated heterocycles. The van der Waals surface area contributed by atoms with Crippen molar-refractivity contribution < 1.29 is 13.9 Å². The van der Waals surface area contributed by atoms with Gasteiger partial charge in [-0.05, 0) is 49.4 Å². The maximum absolute atomic E-state index is 15.1. The Morgan fingerprint density at radius 3 is 2.77 bits per heavy atom. The number of H-pyrrole nitrogens is 1. The molecule has 2 aromatic carbocycles. The number of nitrogen functional groups attached to an aromatic ring is 1. The molecule has 0 atom stereocenters. The number of nitrogens with zero attached hydrogens (tertiary/aromatic N) is 1. The van der Waals surface area contributed by atoms with Crippen molar-refractivity contribution in [2.75, 3.05) is 5.73 Å². The number of amides is 1. The molecule has 4 N–H and O–H groups in total. The Kier molecular flexibility index (Phi) is 5.58. The lowest BCUT2D eigenvalue weighted by Gasteiger charge is -2.14. The minimum Gasteiger partial charge on any atom is -0.453 e. The number of halogens is 3. The number of nitrogens with two attached hydrogens (primary N) is 1. The van der Waals surface area contributed by atoms with Crippen molar-refractivity contribution in [1.82, 2.24) is 15.3 Å². The first kappa shape index (κ1) is 20.5. The van der Waals surface area contributed by atoms with Gasteiger partial charge in [-0.2, -0.15) is 0 Å². The molecule has 156 valence electrons. The zero-order valence-electron chi connectivity index (χ0n) is 16.1. The van der Waals surface area contributed by atoms with Gasteiger partial charge < -0.3 is 20.8 Å². The summed E-state index contributed by atoms with van der Waals surface area (Å²) in [5, 5.41) is 2.84. The molecule has 0 aliphatic heterocycles. The molecule has 0 bridgehead atoms. The average Bonchev–Trinajstić information content (AvgIpc) is 3.48. The van der Waals surface area contributed by atoms with Crippen LogP contribution in [0.2, 0.25) is 10.2 Å². The SMILES string of the molecule is Cc1nc(C(=O)NCc2ccc(Cl)c(Oc3cc(N)cc(C4CC4)c3)c2F)c(Cl)[nH]1. The van der Waals surface area contributed by atoms with Gasteiger partial charge in [-0.3, -0.25) is 4.79 Å². The number of carbonyl (C=O) groups excluding carboxylic acids is 1. The van der Waals surface area contributed by atoms with Crippen LogP contribution in [0.25, 0.3) is 0 Å². The number of benzene rings is 2. The van der Waals surface area contributed by atoms with Crippen molar-refractivity contribution in [1.29, 1.82) is 0 Å². The highest BCUT2D eigenvalue weighted by Gasteiger charge is 2.25. The first-order chi connectivity index (χ1) is 14.3. The number of carbonyl (C=O) groups is 1. The molecule has 0 unspecified atom stereocenters. The molecular formula is C21H19Cl2FN4O2. The first-order valence-corrected chi connectivity index (χ1v) is 10.1. The molecule has 3 aromatic rings. The van der Waals surface area contributed by atoms with Gasteiger partial charge in [0.05, 0.1) is 5.02 Å². The second-order valence-electron chi connectivity index (χ2n) is 7.23. The molecular weight excluding hydrogens is 430 g/mol. The van der Waals surface area contributed by atoms with Gasteiger partial charge in [-0.25, -0.2) is 9.37 Å². The van der Waals surface area contributed by atoms with Crippen LogP contribution < -0.4 is 15.8 Å². The standard InChI is InChI=1S/C21H19Cl2FN4O2/c1-10-27-18(20(23)28-10)21(29)26-9-12-4-5-16(22)19(17(12)24)30-15-7-13(11-2-3-11)6-14(25)8-15/h4-8,11H,2-3,9,25H2,1H3,(H,26,29)(H,27,28). The number of hydrogen-bond acceptors (Lipinski definition) is 4. The maximum atomic E-state index is 15.1. The summed E-state index contributed by atoms with van der Waals surface area (Å²) in [5.74, 6) is 0.0806. The number of imidazole rings is 1. The second-order valence-corrected chi connectivity index (χ2v) is 8.01. The van der Waals surface area contributed by atoms with Crippen molar-refractivity contribution in [2.45, 2.75) is 32.2 Å². The minimum absolute atomic E-state index is 0.0485. The molecule has 1 saturated carbocycles. The fraction of sp³-hybridized carbons (Fsp3) is 0.238. The van der Waals surface area contributed by atoms with E-state index in [-0.39, 0.29) is 33.7 Å². The molecule has 6 nitrogen and oxygen atoms in total. The fourth-order valence-corrected chi connectivity index (χ4v) is 3.60. The number of rotatable bonds is 6.